The van der Waals surface area contributed by atoms with Crippen molar-refractivity contribution in [1.29, 1.82) is 0 Å². The van der Waals surface area contributed by atoms with Crippen molar-refractivity contribution in [3.63, 3.8) is 0 Å². The average molecular weight is 359 g/mol. The van der Waals surface area contributed by atoms with Gasteiger partial charge in [0, 0.05) is 25.1 Å². The topological polar surface area (TPSA) is 67.2 Å². The van der Waals surface area contributed by atoms with Crippen molar-refractivity contribution in [2.24, 2.45) is 0 Å². The molecule has 0 saturated carbocycles. The van der Waals surface area contributed by atoms with Crippen LogP contribution in [0.3, 0.4) is 0 Å². The molecule has 1 amide bonds. The van der Waals surface area contributed by atoms with Crippen LogP contribution in [0.1, 0.15) is 12.2 Å². The summed E-state index contributed by atoms with van der Waals surface area (Å²) < 4.78 is 42.4. The average Bonchev–Trinajstić information content (AvgIpc) is 2.96. The minimum absolute atomic E-state index is 0.171. The van der Waals surface area contributed by atoms with Gasteiger partial charge in [-0.25, -0.2) is 18.2 Å². The van der Waals surface area contributed by atoms with Crippen LogP contribution in [0, 0.1) is 17.5 Å². The van der Waals surface area contributed by atoms with Gasteiger partial charge in [-0.15, -0.1) is 0 Å². The Morgan fingerprint density at radius 3 is 2.58 bits per heavy atom. The third kappa shape index (κ3) is 2.50. The largest absolute Gasteiger partial charge is 0.511 e. The molecular formula is C18H12F3N3O2. The molecule has 0 aliphatic carbocycles. The lowest BCUT2D eigenvalue weighted by Crippen LogP contribution is -2.23. The van der Waals surface area contributed by atoms with Crippen LogP contribution in [0.5, 0.6) is 0 Å². The molecule has 0 spiro atoms. The summed E-state index contributed by atoms with van der Waals surface area (Å²) >= 11 is 0. The number of imidazole rings is 1. The maximum atomic E-state index is 13.8. The van der Waals surface area contributed by atoms with E-state index in [-0.39, 0.29) is 23.6 Å². The van der Waals surface area contributed by atoms with Crippen LogP contribution in [0.4, 0.5) is 18.9 Å². The number of nitrogens with one attached hydrogen (secondary N) is 1. The Bertz CT molecular complexity index is 1070. The van der Waals surface area contributed by atoms with Gasteiger partial charge in [0.15, 0.2) is 11.6 Å². The molecule has 0 saturated heterocycles. The van der Waals surface area contributed by atoms with Crippen molar-refractivity contribution in [3.05, 3.63) is 65.4 Å². The number of aryl methyl sites for hydroxylation is 1. The smallest absolute Gasteiger partial charge is 0.263 e. The summed E-state index contributed by atoms with van der Waals surface area (Å²) in [6, 6.07) is 8.11. The molecular weight excluding hydrogens is 347 g/mol. The molecule has 0 bridgehead atoms. The SMILES string of the molecule is O=C(Nc1c(F)cc(F)cc1F)C1=C(O)CCn2c1nc1ccccc12. The molecule has 0 radical (unpaired) electrons. The molecule has 8 heteroatoms. The summed E-state index contributed by atoms with van der Waals surface area (Å²) in [5.74, 6) is -4.55. The fraction of sp³-hybridized carbons (Fsp3) is 0.111. The Labute approximate surface area is 145 Å². The number of amides is 1. The maximum absolute atomic E-state index is 13.8. The molecule has 1 aliphatic heterocycles. The zero-order valence-corrected chi connectivity index (χ0v) is 13.3. The number of aliphatic hydroxyl groups is 1. The summed E-state index contributed by atoms with van der Waals surface area (Å²) in [6.07, 6.45) is 0.171. The Morgan fingerprint density at radius 1 is 1.15 bits per heavy atom. The van der Waals surface area contributed by atoms with Gasteiger partial charge < -0.3 is 15.0 Å². The number of anilines is 1. The van der Waals surface area contributed by atoms with E-state index in [2.05, 4.69) is 10.3 Å². The first-order chi connectivity index (χ1) is 12.5. The van der Waals surface area contributed by atoms with Crippen molar-refractivity contribution in [2.45, 2.75) is 13.0 Å². The number of carbonyl (C=O) groups is 1. The van der Waals surface area contributed by atoms with Gasteiger partial charge in [-0.05, 0) is 12.1 Å². The van der Waals surface area contributed by atoms with Gasteiger partial charge in [-0.3, -0.25) is 4.79 Å². The number of rotatable bonds is 2. The zero-order chi connectivity index (χ0) is 18.4. The summed E-state index contributed by atoms with van der Waals surface area (Å²) in [5, 5.41) is 12.3. The van der Waals surface area contributed by atoms with Crippen molar-refractivity contribution in [2.75, 3.05) is 5.32 Å². The number of para-hydroxylation sites is 2. The lowest BCUT2D eigenvalue weighted by atomic mass is 10.1. The number of benzene rings is 2. The predicted octanol–water partition coefficient (Wildman–Crippen LogP) is 3.77. The van der Waals surface area contributed by atoms with Gasteiger partial charge in [0.2, 0.25) is 0 Å². The number of allylic oxidation sites excluding steroid dienone is 1. The standard InChI is InChI=1S/C18H12F3N3O2/c19-9-7-10(20)16(11(21)8-9)23-18(26)15-14(25)5-6-24-13-4-2-1-3-12(13)22-17(15)24/h1-4,7-8,25H,5-6H2,(H,23,26). The molecule has 5 nitrogen and oxygen atoms in total. The van der Waals surface area contributed by atoms with Crippen LogP contribution in [0.25, 0.3) is 16.6 Å². The Morgan fingerprint density at radius 2 is 1.85 bits per heavy atom. The van der Waals surface area contributed by atoms with E-state index in [9.17, 15) is 23.1 Å². The van der Waals surface area contributed by atoms with Gasteiger partial charge in [-0.2, -0.15) is 0 Å². The van der Waals surface area contributed by atoms with Crippen molar-refractivity contribution >= 4 is 28.2 Å². The molecule has 3 aromatic rings. The fourth-order valence-corrected chi connectivity index (χ4v) is 3.03. The Balaban J connectivity index is 1.77. The van der Waals surface area contributed by atoms with Gasteiger partial charge in [0.05, 0.1) is 11.0 Å². The van der Waals surface area contributed by atoms with Gasteiger partial charge in [-0.1, -0.05) is 12.1 Å². The van der Waals surface area contributed by atoms with Gasteiger partial charge >= 0.3 is 0 Å². The van der Waals surface area contributed by atoms with Gasteiger partial charge in [0.25, 0.3) is 5.91 Å². The van der Waals surface area contributed by atoms with E-state index < -0.39 is 29.0 Å². The number of aromatic nitrogens is 2. The highest BCUT2D eigenvalue weighted by molar-refractivity contribution is 6.25. The highest BCUT2D eigenvalue weighted by Gasteiger charge is 2.29. The van der Waals surface area contributed by atoms with Crippen LogP contribution in [-0.2, 0) is 11.3 Å². The van der Waals surface area contributed by atoms with Crippen LogP contribution >= 0.6 is 0 Å². The molecule has 2 heterocycles. The first-order valence-electron chi connectivity index (χ1n) is 7.79. The first-order valence-corrected chi connectivity index (χ1v) is 7.79. The lowest BCUT2D eigenvalue weighted by molar-refractivity contribution is -0.111. The van der Waals surface area contributed by atoms with Crippen molar-refractivity contribution in [3.8, 4) is 0 Å². The van der Waals surface area contributed by atoms with Gasteiger partial charge in [0.1, 0.15) is 28.7 Å². The van der Waals surface area contributed by atoms with E-state index in [1.807, 2.05) is 12.1 Å². The third-order valence-corrected chi connectivity index (χ3v) is 4.21. The second-order valence-electron chi connectivity index (χ2n) is 5.85. The monoisotopic (exact) mass is 359 g/mol. The van der Waals surface area contributed by atoms with E-state index in [0.717, 1.165) is 5.52 Å². The van der Waals surface area contributed by atoms with Crippen molar-refractivity contribution < 1.29 is 23.1 Å². The Hall–Kier alpha value is -3.29. The second kappa shape index (κ2) is 5.91. The minimum atomic E-state index is -1.25. The van der Waals surface area contributed by atoms with E-state index in [4.69, 9.17) is 0 Å². The molecule has 4 rings (SSSR count). The van der Waals surface area contributed by atoms with E-state index in [1.165, 1.54) is 0 Å². The molecule has 1 aromatic heterocycles. The summed E-state index contributed by atoms with van der Waals surface area (Å²) in [6.45, 7) is 0.414. The molecule has 0 fully saturated rings. The van der Waals surface area contributed by atoms with Crippen LogP contribution < -0.4 is 5.32 Å². The highest BCUT2D eigenvalue weighted by Crippen LogP contribution is 2.31. The maximum Gasteiger partial charge on any atom is 0.263 e. The van der Waals surface area contributed by atoms with E-state index >= 15 is 0 Å². The minimum Gasteiger partial charge on any atom is -0.511 e. The molecule has 0 unspecified atom stereocenters. The second-order valence-corrected chi connectivity index (χ2v) is 5.85. The van der Waals surface area contributed by atoms with Crippen molar-refractivity contribution in [1.82, 2.24) is 9.55 Å². The van der Waals surface area contributed by atoms with Crippen LogP contribution in [0.2, 0.25) is 0 Å². The van der Waals surface area contributed by atoms with Crippen LogP contribution in [-0.4, -0.2) is 20.6 Å². The fourth-order valence-electron chi connectivity index (χ4n) is 3.03. The summed E-state index contributed by atoms with van der Waals surface area (Å²) in [5.41, 5.74) is 0.446. The van der Waals surface area contributed by atoms with E-state index in [1.54, 1.807) is 16.7 Å². The number of nitrogens with zero attached hydrogens (tertiary/aromatic N) is 2. The highest BCUT2D eigenvalue weighted by atomic mass is 19.1. The number of hydrogen-bond donors (Lipinski definition) is 2. The molecule has 1 aliphatic rings. The van der Waals surface area contributed by atoms with Crippen LogP contribution in [0.15, 0.2) is 42.2 Å². The normalized spacial score (nSPS) is 13.8. The number of aliphatic hydroxyl groups excluding tert-OH is 1. The zero-order valence-electron chi connectivity index (χ0n) is 13.3. The first kappa shape index (κ1) is 16.2. The molecule has 132 valence electrons. The molecule has 0 atom stereocenters. The Kier molecular flexibility index (Phi) is 3.68. The quantitative estimate of drug-likeness (QED) is 0.732. The number of carbonyl (C=O) groups excluding carboxylic acids is 1. The summed E-state index contributed by atoms with van der Waals surface area (Å²) in [7, 11) is 0. The number of halogens is 3. The lowest BCUT2D eigenvalue weighted by Gasteiger charge is -2.19. The molecule has 2 aromatic carbocycles. The summed E-state index contributed by atoms with van der Waals surface area (Å²) in [4.78, 5) is 16.9. The predicted molar refractivity (Wildman–Crippen MR) is 88.8 cm³/mol. The van der Waals surface area contributed by atoms with E-state index in [0.29, 0.717) is 24.2 Å². The molecule has 26 heavy (non-hydrogen) atoms. The number of fused-ring (bicyclic) bond motifs is 3. The molecule has 2 N–H and O–H groups in total. The number of hydrogen-bond acceptors (Lipinski definition) is 3. The third-order valence-electron chi connectivity index (χ3n) is 4.21.